The Kier molecular flexibility index (Phi) is 4.59. The minimum atomic E-state index is -4.75. The van der Waals surface area contributed by atoms with Gasteiger partial charge in [0.05, 0.1) is 11.6 Å². The Morgan fingerprint density at radius 2 is 2.20 bits per heavy atom. The van der Waals surface area contributed by atoms with Crippen LogP contribution in [0.5, 0.6) is 5.75 Å². The Morgan fingerprint density at radius 1 is 1.40 bits per heavy atom. The van der Waals surface area contributed by atoms with E-state index in [0.717, 1.165) is 5.56 Å². The number of amidine groups is 1. The Labute approximate surface area is 118 Å². The number of nitrogens with one attached hydrogen (secondary N) is 1. The second kappa shape index (κ2) is 6.21. The maximum atomic E-state index is 12.1. The SMILES string of the molecule is FC(F)(F)Oc1ccc(CCNC2=NCCO2)cc1Cl. The van der Waals surface area contributed by atoms with E-state index in [4.69, 9.17) is 16.3 Å². The largest absolute Gasteiger partial charge is 0.573 e. The topological polar surface area (TPSA) is 42.8 Å². The van der Waals surface area contributed by atoms with Gasteiger partial charge in [-0.05, 0) is 24.1 Å². The molecule has 0 unspecified atom stereocenters. The van der Waals surface area contributed by atoms with Gasteiger partial charge < -0.3 is 14.8 Å². The van der Waals surface area contributed by atoms with Crippen molar-refractivity contribution >= 4 is 17.6 Å². The molecule has 8 heteroatoms. The van der Waals surface area contributed by atoms with Gasteiger partial charge in [-0.25, -0.2) is 4.99 Å². The van der Waals surface area contributed by atoms with E-state index in [1.807, 2.05) is 0 Å². The van der Waals surface area contributed by atoms with Crippen molar-refractivity contribution in [2.75, 3.05) is 19.7 Å². The average molecular weight is 309 g/mol. The van der Waals surface area contributed by atoms with Crippen molar-refractivity contribution in [3.05, 3.63) is 28.8 Å². The zero-order valence-corrected chi connectivity index (χ0v) is 11.1. The summed E-state index contributed by atoms with van der Waals surface area (Å²) in [6, 6.07) is 4.68. The molecule has 4 nitrogen and oxygen atoms in total. The third-order valence-electron chi connectivity index (χ3n) is 2.50. The highest BCUT2D eigenvalue weighted by atomic mass is 35.5. The maximum absolute atomic E-state index is 12.1. The molecule has 1 heterocycles. The van der Waals surface area contributed by atoms with Crippen LogP contribution in [0, 0.1) is 0 Å². The third-order valence-corrected chi connectivity index (χ3v) is 2.79. The van der Waals surface area contributed by atoms with Gasteiger partial charge in [0.15, 0.2) is 0 Å². The van der Waals surface area contributed by atoms with Gasteiger partial charge >= 0.3 is 6.36 Å². The molecule has 0 aromatic heterocycles. The summed E-state index contributed by atoms with van der Waals surface area (Å²) in [7, 11) is 0. The number of hydrogen-bond acceptors (Lipinski definition) is 4. The van der Waals surface area contributed by atoms with E-state index >= 15 is 0 Å². The molecule has 110 valence electrons. The van der Waals surface area contributed by atoms with Crippen LogP contribution in [0.3, 0.4) is 0 Å². The first-order valence-electron chi connectivity index (χ1n) is 5.89. The molecule has 20 heavy (non-hydrogen) atoms. The summed E-state index contributed by atoms with van der Waals surface area (Å²) < 4.78 is 45.2. The zero-order chi connectivity index (χ0) is 14.6. The van der Waals surface area contributed by atoms with Crippen LogP contribution in [0.1, 0.15) is 5.56 Å². The van der Waals surface area contributed by atoms with Gasteiger partial charge in [0, 0.05) is 6.54 Å². The lowest BCUT2D eigenvalue weighted by atomic mass is 10.1. The molecule has 1 aromatic rings. The lowest BCUT2D eigenvalue weighted by Crippen LogP contribution is -2.25. The molecular weight excluding hydrogens is 297 g/mol. The summed E-state index contributed by atoms with van der Waals surface area (Å²) >= 11 is 5.75. The van der Waals surface area contributed by atoms with E-state index < -0.39 is 12.1 Å². The minimum absolute atomic E-state index is 0.0747. The van der Waals surface area contributed by atoms with Gasteiger partial charge in [0.25, 0.3) is 6.02 Å². The summed E-state index contributed by atoms with van der Waals surface area (Å²) in [5.74, 6) is -0.403. The van der Waals surface area contributed by atoms with E-state index in [0.29, 0.717) is 32.1 Å². The van der Waals surface area contributed by atoms with Crippen molar-refractivity contribution in [3.63, 3.8) is 0 Å². The molecule has 0 atom stereocenters. The van der Waals surface area contributed by atoms with Crippen molar-refractivity contribution in [2.24, 2.45) is 4.99 Å². The monoisotopic (exact) mass is 308 g/mol. The van der Waals surface area contributed by atoms with E-state index in [2.05, 4.69) is 15.0 Å². The van der Waals surface area contributed by atoms with E-state index in [1.165, 1.54) is 18.2 Å². The highest BCUT2D eigenvalue weighted by Crippen LogP contribution is 2.30. The van der Waals surface area contributed by atoms with Crippen molar-refractivity contribution < 1.29 is 22.6 Å². The zero-order valence-electron chi connectivity index (χ0n) is 10.3. The van der Waals surface area contributed by atoms with Crippen molar-refractivity contribution in [2.45, 2.75) is 12.8 Å². The molecule has 1 aliphatic rings. The number of nitrogens with zero attached hydrogens (tertiary/aromatic N) is 1. The normalized spacial score (nSPS) is 14.7. The van der Waals surface area contributed by atoms with Crippen LogP contribution in [-0.2, 0) is 11.2 Å². The molecule has 2 rings (SSSR count). The molecule has 0 radical (unpaired) electrons. The standard InChI is InChI=1S/C12H12ClF3N2O2/c13-9-7-8(1-2-10(9)20-12(14,15)16)3-4-17-11-18-5-6-19-11/h1-2,7H,3-6H2,(H,17,18). The predicted molar refractivity (Wildman–Crippen MR) is 68.1 cm³/mol. The molecule has 0 fully saturated rings. The smallest absolute Gasteiger partial charge is 0.463 e. The van der Waals surface area contributed by atoms with Crippen LogP contribution in [0.4, 0.5) is 13.2 Å². The van der Waals surface area contributed by atoms with Crippen LogP contribution in [0.15, 0.2) is 23.2 Å². The van der Waals surface area contributed by atoms with Gasteiger partial charge in [0.1, 0.15) is 12.4 Å². The first-order valence-corrected chi connectivity index (χ1v) is 6.27. The maximum Gasteiger partial charge on any atom is 0.573 e. The first kappa shape index (κ1) is 14.8. The number of halogens is 4. The van der Waals surface area contributed by atoms with E-state index in [1.54, 1.807) is 0 Å². The molecule has 0 aliphatic carbocycles. The second-order valence-corrected chi connectivity index (χ2v) is 4.43. The number of aliphatic imine (C=N–C) groups is 1. The molecule has 1 N–H and O–H groups in total. The Hall–Kier alpha value is -1.63. The second-order valence-electron chi connectivity index (χ2n) is 4.02. The minimum Gasteiger partial charge on any atom is -0.463 e. The fraction of sp³-hybridized carbons (Fsp3) is 0.417. The summed E-state index contributed by atoms with van der Waals surface area (Å²) in [6.45, 7) is 1.75. The molecule has 1 aromatic carbocycles. The van der Waals surface area contributed by atoms with Gasteiger partial charge in [-0.1, -0.05) is 17.7 Å². The van der Waals surface area contributed by atoms with E-state index in [9.17, 15) is 13.2 Å². The molecule has 0 amide bonds. The molecule has 0 bridgehead atoms. The summed E-state index contributed by atoms with van der Waals surface area (Å²) in [6.07, 6.45) is -4.17. The van der Waals surface area contributed by atoms with Crippen LogP contribution in [0.2, 0.25) is 5.02 Å². The van der Waals surface area contributed by atoms with Gasteiger partial charge in [0.2, 0.25) is 0 Å². The Balaban J connectivity index is 1.88. The predicted octanol–water partition coefficient (Wildman–Crippen LogP) is 2.76. The quantitative estimate of drug-likeness (QED) is 0.930. The van der Waals surface area contributed by atoms with Crippen molar-refractivity contribution in [3.8, 4) is 5.75 Å². The fourth-order valence-corrected chi connectivity index (χ4v) is 1.90. The van der Waals surface area contributed by atoms with Gasteiger partial charge in [-0.3, -0.25) is 0 Å². The summed E-state index contributed by atoms with van der Waals surface area (Å²) in [5.41, 5.74) is 0.788. The molecule has 0 saturated heterocycles. The lowest BCUT2D eigenvalue weighted by molar-refractivity contribution is -0.274. The number of alkyl halides is 3. The highest BCUT2D eigenvalue weighted by Gasteiger charge is 2.31. The van der Waals surface area contributed by atoms with Crippen LogP contribution in [-0.4, -0.2) is 32.1 Å². The van der Waals surface area contributed by atoms with Gasteiger partial charge in [-0.2, -0.15) is 0 Å². The Morgan fingerprint density at radius 3 is 2.80 bits per heavy atom. The number of hydrogen-bond donors (Lipinski definition) is 1. The summed E-state index contributed by atoms with van der Waals surface area (Å²) in [5, 5.41) is 2.90. The van der Waals surface area contributed by atoms with E-state index in [-0.39, 0.29) is 5.02 Å². The molecule has 0 spiro atoms. The van der Waals surface area contributed by atoms with Crippen molar-refractivity contribution in [1.29, 1.82) is 0 Å². The molecule has 0 saturated carbocycles. The van der Waals surface area contributed by atoms with Crippen LogP contribution < -0.4 is 10.1 Å². The fourth-order valence-electron chi connectivity index (χ4n) is 1.66. The molecule has 1 aliphatic heterocycles. The first-order chi connectivity index (χ1) is 9.44. The highest BCUT2D eigenvalue weighted by molar-refractivity contribution is 6.32. The summed E-state index contributed by atoms with van der Waals surface area (Å²) in [4.78, 5) is 4.05. The Bertz CT molecular complexity index is 506. The molecular formula is C12H12ClF3N2O2. The number of benzene rings is 1. The van der Waals surface area contributed by atoms with Crippen LogP contribution >= 0.6 is 11.6 Å². The van der Waals surface area contributed by atoms with Crippen molar-refractivity contribution in [1.82, 2.24) is 5.32 Å². The van der Waals surface area contributed by atoms with Gasteiger partial charge in [-0.15, -0.1) is 13.2 Å². The average Bonchev–Trinajstić information content (AvgIpc) is 2.84. The number of ether oxygens (including phenoxy) is 2. The number of rotatable bonds is 4. The third kappa shape index (κ3) is 4.48. The van der Waals surface area contributed by atoms with Crippen LogP contribution in [0.25, 0.3) is 0 Å². The lowest BCUT2D eigenvalue weighted by Gasteiger charge is -2.11.